The van der Waals surface area contributed by atoms with E-state index in [1.807, 2.05) is 0 Å². The fourth-order valence-electron chi connectivity index (χ4n) is 2.02. The first-order valence-electron chi connectivity index (χ1n) is 6.24. The van der Waals surface area contributed by atoms with Gasteiger partial charge in [0.15, 0.2) is 0 Å². The van der Waals surface area contributed by atoms with E-state index >= 15 is 0 Å². The first kappa shape index (κ1) is 16.7. The first-order chi connectivity index (χ1) is 9.29. The fourth-order valence-corrected chi connectivity index (χ4v) is 2.24. The number of ether oxygens (including phenoxy) is 1. The number of hydrogen-bond donors (Lipinski definition) is 1. The number of aliphatic hydroxyl groups excluding tert-OH is 1. The molecule has 7 heteroatoms. The number of aliphatic hydroxyl groups is 1. The highest BCUT2D eigenvalue weighted by Gasteiger charge is 2.27. The largest absolute Gasteiger partial charge is 0.493 e. The molecule has 0 spiro atoms. The predicted molar refractivity (Wildman–Crippen MR) is 73.5 cm³/mol. The van der Waals surface area contributed by atoms with Gasteiger partial charge in [0.25, 0.3) is 0 Å². The van der Waals surface area contributed by atoms with E-state index in [4.69, 9.17) is 16.3 Å². The number of nitro groups is 1. The molecule has 112 valence electrons. The molecule has 0 aliphatic carbocycles. The Labute approximate surface area is 121 Å². The minimum absolute atomic E-state index is 0.0342. The summed E-state index contributed by atoms with van der Waals surface area (Å²) in [7, 11) is 0. The zero-order chi connectivity index (χ0) is 15.4. The Morgan fingerprint density at radius 1 is 1.55 bits per heavy atom. The number of nitrogens with zero attached hydrogens (tertiary/aromatic N) is 1. The average molecular weight is 306 g/mol. The van der Waals surface area contributed by atoms with Gasteiger partial charge >= 0.3 is 0 Å². The minimum atomic E-state index is -0.920. The van der Waals surface area contributed by atoms with Crippen LogP contribution in [0.5, 0.6) is 5.75 Å². The zero-order valence-electron chi connectivity index (χ0n) is 11.5. The maximum Gasteiger partial charge on any atom is 0.210 e. The van der Waals surface area contributed by atoms with Crippen molar-refractivity contribution in [3.8, 4) is 5.75 Å². The summed E-state index contributed by atoms with van der Waals surface area (Å²) in [5.74, 6) is -1.32. The van der Waals surface area contributed by atoms with Crippen LogP contribution in [0.1, 0.15) is 43.9 Å². The van der Waals surface area contributed by atoms with Crippen LogP contribution in [0.15, 0.2) is 6.07 Å². The summed E-state index contributed by atoms with van der Waals surface area (Å²) in [5.41, 5.74) is 0.357. The summed E-state index contributed by atoms with van der Waals surface area (Å²) in [6, 6.07) is 1.29. The van der Waals surface area contributed by atoms with Gasteiger partial charge in [0.05, 0.1) is 23.7 Å². The van der Waals surface area contributed by atoms with Gasteiger partial charge in [-0.1, -0.05) is 18.5 Å². The lowest BCUT2D eigenvalue weighted by Gasteiger charge is -2.20. The molecule has 0 saturated heterocycles. The molecule has 20 heavy (non-hydrogen) atoms. The molecule has 0 aliphatic heterocycles. The molecule has 0 aromatic heterocycles. The lowest BCUT2D eigenvalue weighted by molar-refractivity contribution is -0.482. The molecule has 0 radical (unpaired) electrons. The Balaban J connectivity index is 3.47. The Morgan fingerprint density at radius 3 is 2.60 bits per heavy atom. The van der Waals surface area contributed by atoms with Crippen LogP contribution < -0.4 is 4.74 Å². The molecule has 5 nitrogen and oxygen atoms in total. The van der Waals surface area contributed by atoms with Crippen LogP contribution in [0, 0.1) is 15.9 Å². The highest BCUT2D eigenvalue weighted by molar-refractivity contribution is 6.31. The van der Waals surface area contributed by atoms with E-state index in [-0.39, 0.29) is 22.9 Å². The normalized spacial score (nSPS) is 13.9. The van der Waals surface area contributed by atoms with E-state index in [1.54, 1.807) is 6.92 Å². The number of hydrogen-bond acceptors (Lipinski definition) is 4. The van der Waals surface area contributed by atoms with E-state index in [0.717, 1.165) is 0 Å². The summed E-state index contributed by atoms with van der Waals surface area (Å²) in [6.45, 7) is 4.52. The van der Waals surface area contributed by atoms with Crippen molar-refractivity contribution >= 4 is 11.6 Å². The topological polar surface area (TPSA) is 72.6 Å². The third-order valence-corrected chi connectivity index (χ3v) is 3.16. The molecule has 0 fully saturated rings. The second-order valence-corrected chi connectivity index (χ2v) is 4.94. The molecule has 0 amide bonds. The molecule has 2 atom stereocenters. The number of rotatable bonds is 6. The lowest BCUT2D eigenvalue weighted by Crippen LogP contribution is -2.14. The molecule has 0 bridgehead atoms. The number of halogens is 2. The van der Waals surface area contributed by atoms with E-state index < -0.39 is 29.3 Å². The third-order valence-electron chi connectivity index (χ3n) is 2.89. The second kappa shape index (κ2) is 6.85. The van der Waals surface area contributed by atoms with Crippen LogP contribution in [-0.4, -0.2) is 23.2 Å². The van der Waals surface area contributed by atoms with Crippen molar-refractivity contribution in [3.63, 3.8) is 0 Å². The summed E-state index contributed by atoms with van der Waals surface area (Å²) in [5, 5.41) is 20.2. The lowest BCUT2D eigenvalue weighted by atomic mass is 9.95. The van der Waals surface area contributed by atoms with Crippen molar-refractivity contribution in [2.75, 3.05) is 13.2 Å². The standard InChI is InChI=1S/C13H17ClFNO4/c1-4-20-13-9(8(3)17)5-10(14)12(15)11(13)7(2)6-16(18)19/h5,7-8,17H,4,6H2,1-3H3/t7?,8-/m1/s1. The van der Waals surface area contributed by atoms with Gasteiger partial charge in [-0.25, -0.2) is 4.39 Å². The molecular weight excluding hydrogens is 289 g/mol. The van der Waals surface area contributed by atoms with Crippen LogP contribution >= 0.6 is 11.6 Å². The van der Waals surface area contributed by atoms with Crippen LogP contribution in [0.2, 0.25) is 5.02 Å². The van der Waals surface area contributed by atoms with E-state index in [0.29, 0.717) is 5.56 Å². The van der Waals surface area contributed by atoms with Gasteiger partial charge in [0.1, 0.15) is 11.6 Å². The van der Waals surface area contributed by atoms with Gasteiger partial charge in [0, 0.05) is 16.1 Å². The maximum absolute atomic E-state index is 14.2. The van der Waals surface area contributed by atoms with Crippen molar-refractivity contribution in [1.29, 1.82) is 0 Å². The van der Waals surface area contributed by atoms with Crippen LogP contribution in [0.4, 0.5) is 4.39 Å². The first-order valence-corrected chi connectivity index (χ1v) is 6.61. The van der Waals surface area contributed by atoms with Crippen molar-refractivity contribution in [3.05, 3.63) is 38.1 Å². The maximum atomic E-state index is 14.2. The molecule has 0 aliphatic rings. The molecule has 1 N–H and O–H groups in total. The molecule has 1 unspecified atom stereocenters. The van der Waals surface area contributed by atoms with Crippen LogP contribution in [0.25, 0.3) is 0 Å². The van der Waals surface area contributed by atoms with Gasteiger partial charge in [0.2, 0.25) is 6.54 Å². The SMILES string of the molecule is CCOc1c([C@@H](C)O)cc(Cl)c(F)c1C(C)C[N+](=O)[O-]. The van der Waals surface area contributed by atoms with Crippen molar-refractivity contribution < 1.29 is 19.2 Å². The van der Waals surface area contributed by atoms with Gasteiger partial charge < -0.3 is 9.84 Å². The van der Waals surface area contributed by atoms with E-state index in [2.05, 4.69) is 0 Å². The molecule has 0 heterocycles. The van der Waals surface area contributed by atoms with Crippen LogP contribution in [-0.2, 0) is 0 Å². The van der Waals surface area contributed by atoms with Gasteiger partial charge in [-0.05, 0) is 19.9 Å². The summed E-state index contributed by atoms with van der Waals surface area (Å²) in [6.07, 6.45) is -0.920. The molecular formula is C13H17ClFNO4. The minimum Gasteiger partial charge on any atom is -0.493 e. The highest BCUT2D eigenvalue weighted by atomic mass is 35.5. The Bertz CT molecular complexity index is 508. The third kappa shape index (κ3) is 3.58. The van der Waals surface area contributed by atoms with Gasteiger partial charge in [-0.15, -0.1) is 0 Å². The summed E-state index contributed by atoms with van der Waals surface area (Å²) < 4.78 is 19.6. The molecule has 1 aromatic rings. The quantitative estimate of drug-likeness (QED) is 0.646. The van der Waals surface area contributed by atoms with Crippen molar-refractivity contribution in [2.45, 2.75) is 32.8 Å². The van der Waals surface area contributed by atoms with Gasteiger partial charge in [-0.3, -0.25) is 10.1 Å². The zero-order valence-corrected chi connectivity index (χ0v) is 12.3. The second-order valence-electron chi connectivity index (χ2n) is 4.53. The smallest absolute Gasteiger partial charge is 0.210 e. The van der Waals surface area contributed by atoms with Crippen molar-refractivity contribution in [2.24, 2.45) is 0 Å². The molecule has 1 aromatic carbocycles. The fraction of sp³-hybridized carbons (Fsp3) is 0.538. The monoisotopic (exact) mass is 305 g/mol. The van der Waals surface area contributed by atoms with Gasteiger partial charge in [-0.2, -0.15) is 0 Å². The van der Waals surface area contributed by atoms with E-state index in [9.17, 15) is 19.6 Å². The summed E-state index contributed by atoms with van der Waals surface area (Å²) in [4.78, 5) is 10.1. The Morgan fingerprint density at radius 2 is 2.15 bits per heavy atom. The highest BCUT2D eigenvalue weighted by Crippen LogP contribution is 2.39. The van der Waals surface area contributed by atoms with E-state index in [1.165, 1.54) is 19.9 Å². The number of benzene rings is 1. The Kier molecular flexibility index (Phi) is 5.71. The predicted octanol–water partition coefficient (Wildman–Crippen LogP) is 3.31. The average Bonchev–Trinajstić information content (AvgIpc) is 2.32. The molecule has 0 saturated carbocycles. The molecule has 1 rings (SSSR count). The Hall–Kier alpha value is -1.40. The summed E-state index contributed by atoms with van der Waals surface area (Å²) >= 11 is 5.80. The van der Waals surface area contributed by atoms with Crippen molar-refractivity contribution in [1.82, 2.24) is 0 Å². The van der Waals surface area contributed by atoms with Crippen LogP contribution in [0.3, 0.4) is 0 Å².